The number of hydrogen-bond acceptors (Lipinski definition) is 7. The molecule has 10 heteroatoms. The number of carbonyl (C=O) groups is 1. The molecule has 2 N–H and O–H groups in total. The van der Waals surface area contributed by atoms with Crippen LogP contribution in [-0.2, 0) is 9.53 Å². The zero-order valence-corrected chi connectivity index (χ0v) is 12.3. The Morgan fingerprint density at radius 1 is 1.50 bits per heavy atom. The van der Waals surface area contributed by atoms with Crippen LogP contribution in [0.15, 0.2) is 12.1 Å². The smallest absolute Gasteiger partial charge is 0.342 e. The van der Waals surface area contributed by atoms with Gasteiger partial charge in [-0.25, -0.2) is 9.18 Å². The Hall–Kier alpha value is -2.13. The number of fused-ring (bicyclic) bond motifs is 1. The molecule has 1 aromatic rings. The first kappa shape index (κ1) is 17.9. The lowest BCUT2D eigenvalue weighted by Crippen LogP contribution is -2.32. The first-order chi connectivity index (χ1) is 9.95. The second kappa shape index (κ2) is 7.23. The summed E-state index contributed by atoms with van der Waals surface area (Å²) < 4.78 is 28.6. The van der Waals surface area contributed by atoms with Gasteiger partial charge in [-0.2, -0.15) is 0 Å². The maximum absolute atomic E-state index is 14.0. The van der Waals surface area contributed by atoms with Crippen molar-refractivity contribution in [2.75, 3.05) is 13.4 Å². The monoisotopic (exact) mass is 336 g/mol. The van der Waals surface area contributed by atoms with Crippen LogP contribution >= 0.6 is 12.4 Å². The number of hydrogen-bond donors (Lipinski definition) is 1. The van der Waals surface area contributed by atoms with Crippen LogP contribution in [0.5, 0.6) is 11.5 Å². The number of ether oxygens (including phenoxy) is 3. The van der Waals surface area contributed by atoms with E-state index in [-0.39, 0.29) is 42.9 Å². The van der Waals surface area contributed by atoms with Gasteiger partial charge in [0.15, 0.2) is 11.5 Å². The van der Waals surface area contributed by atoms with E-state index in [0.717, 1.165) is 6.07 Å². The number of nitrogens with two attached hydrogens (primary N) is 1. The first-order valence-corrected chi connectivity index (χ1v) is 6.10. The molecule has 0 saturated heterocycles. The fourth-order valence-corrected chi connectivity index (χ4v) is 1.90. The summed E-state index contributed by atoms with van der Waals surface area (Å²) in [5.41, 5.74) is 5.02. The fourth-order valence-electron chi connectivity index (χ4n) is 1.90. The van der Waals surface area contributed by atoms with E-state index in [1.54, 1.807) is 0 Å². The third-order valence-corrected chi connectivity index (χ3v) is 2.90. The lowest BCUT2D eigenvalue weighted by molar-refractivity contribution is -0.385. The zero-order valence-electron chi connectivity index (χ0n) is 11.5. The summed E-state index contributed by atoms with van der Waals surface area (Å²) in [6.07, 6.45) is -2.22. The van der Waals surface area contributed by atoms with Gasteiger partial charge in [0.1, 0.15) is 0 Å². The van der Waals surface area contributed by atoms with E-state index in [4.69, 9.17) is 15.2 Å². The number of nitro benzene ring substituents is 1. The SMILES string of the molecule is CCOC(=O)C(F)[C@H](N)c1cc2c(cc1[N+](=O)[O-])OCO2.Cl. The van der Waals surface area contributed by atoms with E-state index in [9.17, 15) is 19.3 Å². The van der Waals surface area contributed by atoms with Gasteiger partial charge in [-0.15, -0.1) is 12.4 Å². The number of nitrogens with zero attached hydrogens (tertiary/aromatic N) is 1. The van der Waals surface area contributed by atoms with Gasteiger partial charge in [0, 0.05) is 0 Å². The van der Waals surface area contributed by atoms with Gasteiger partial charge in [-0.3, -0.25) is 10.1 Å². The molecule has 8 nitrogen and oxygen atoms in total. The Morgan fingerprint density at radius 3 is 2.64 bits per heavy atom. The molecule has 0 aromatic heterocycles. The molecular weight excluding hydrogens is 323 g/mol. The van der Waals surface area contributed by atoms with Crippen molar-refractivity contribution in [1.29, 1.82) is 0 Å². The van der Waals surface area contributed by atoms with Crippen LogP contribution in [-0.4, -0.2) is 30.5 Å². The fraction of sp³-hybridized carbons (Fsp3) is 0.417. The van der Waals surface area contributed by atoms with Crippen molar-refractivity contribution in [2.45, 2.75) is 19.1 Å². The van der Waals surface area contributed by atoms with Gasteiger partial charge < -0.3 is 19.9 Å². The van der Waals surface area contributed by atoms with Gasteiger partial charge in [0.2, 0.25) is 13.0 Å². The van der Waals surface area contributed by atoms with E-state index in [2.05, 4.69) is 4.74 Å². The highest BCUT2D eigenvalue weighted by molar-refractivity contribution is 5.85. The van der Waals surface area contributed by atoms with E-state index in [0.29, 0.717) is 0 Å². The molecule has 0 radical (unpaired) electrons. The van der Waals surface area contributed by atoms with Gasteiger partial charge in [0.05, 0.1) is 29.2 Å². The third-order valence-electron chi connectivity index (χ3n) is 2.90. The summed E-state index contributed by atoms with van der Waals surface area (Å²) in [5.74, 6) is -0.789. The summed E-state index contributed by atoms with van der Waals surface area (Å²) in [7, 11) is 0. The molecule has 0 aliphatic carbocycles. The lowest BCUT2D eigenvalue weighted by Gasteiger charge is -2.16. The zero-order chi connectivity index (χ0) is 15.6. The summed E-state index contributed by atoms with van der Waals surface area (Å²) in [5, 5.41) is 11.1. The van der Waals surface area contributed by atoms with Crippen molar-refractivity contribution in [2.24, 2.45) is 5.73 Å². The van der Waals surface area contributed by atoms with Crippen LogP contribution in [0.4, 0.5) is 10.1 Å². The van der Waals surface area contributed by atoms with Gasteiger partial charge in [-0.1, -0.05) is 0 Å². The van der Waals surface area contributed by atoms with Crippen molar-refractivity contribution in [3.63, 3.8) is 0 Å². The van der Waals surface area contributed by atoms with Gasteiger partial charge in [0.25, 0.3) is 5.69 Å². The second-order valence-electron chi connectivity index (χ2n) is 4.20. The molecule has 0 bridgehead atoms. The van der Waals surface area contributed by atoms with Crippen molar-refractivity contribution in [3.05, 3.63) is 27.8 Å². The van der Waals surface area contributed by atoms with Crippen molar-refractivity contribution < 1.29 is 28.3 Å². The Labute approximate surface area is 130 Å². The standard InChI is InChI=1S/C12H13FN2O6.ClH/c1-2-19-12(16)10(13)11(14)6-3-8-9(21-5-20-8)4-7(6)15(17)18;/h3-4,10-11H,2,5,14H2,1H3;1H/t10?,11-;/m1./s1. The number of nitro groups is 1. The van der Waals surface area contributed by atoms with Crippen molar-refractivity contribution >= 4 is 24.1 Å². The normalized spacial score (nSPS) is 14.7. The van der Waals surface area contributed by atoms with Crippen LogP contribution in [0, 0.1) is 10.1 Å². The molecule has 1 unspecified atom stereocenters. The highest BCUT2D eigenvalue weighted by Gasteiger charge is 2.34. The van der Waals surface area contributed by atoms with Crippen LogP contribution < -0.4 is 15.2 Å². The predicted molar refractivity (Wildman–Crippen MR) is 74.9 cm³/mol. The molecule has 22 heavy (non-hydrogen) atoms. The predicted octanol–water partition coefficient (Wildman–Crippen LogP) is 1.65. The minimum absolute atomic E-state index is 0. The Bertz CT molecular complexity index is 585. The number of carbonyl (C=O) groups excluding carboxylic acids is 1. The average molecular weight is 337 g/mol. The Balaban J connectivity index is 0.00000242. The van der Waals surface area contributed by atoms with Crippen LogP contribution in [0.2, 0.25) is 0 Å². The van der Waals surface area contributed by atoms with Crippen molar-refractivity contribution in [1.82, 2.24) is 0 Å². The summed E-state index contributed by atoms with van der Waals surface area (Å²) in [4.78, 5) is 21.7. The molecular formula is C12H14ClFN2O6. The molecule has 1 heterocycles. The molecule has 2 atom stereocenters. The van der Waals surface area contributed by atoms with Crippen LogP contribution in [0.1, 0.15) is 18.5 Å². The number of rotatable bonds is 5. The molecule has 122 valence electrons. The largest absolute Gasteiger partial charge is 0.464 e. The number of halogens is 2. The van der Waals surface area contributed by atoms with E-state index >= 15 is 0 Å². The molecule has 0 amide bonds. The molecule has 0 saturated carbocycles. The Morgan fingerprint density at radius 2 is 2.09 bits per heavy atom. The number of alkyl halides is 1. The van der Waals surface area contributed by atoms with Crippen LogP contribution in [0.3, 0.4) is 0 Å². The van der Waals surface area contributed by atoms with E-state index < -0.39 is 28.8 Å². The van der Waals surface area contributed by atoms with E-state index in [1.807, 2.05) is 0 Å². The van der Waals surface area contributed by atoms with Gasteiger partial charge in [-0.05, 0) is 13.0 Å². The lowest BCUT2D eigenvalue weighted by atomic mass is 10.0. The Kier molecular flexibility index (Phi) is 5.89. The quantitative estimate of drug-likeness (QED) is 0.494. The van der Waals surface area contributed by atoms with Crippen LogP contribution in [0.25, 0.3) is 0 Å². The highest BCUT2D eigenvalue weighted by Crippen LogP contribution is 2.40. The topological polar surface area (TPSA) is 114 Å². The summed E-state index contributed by atoms with van der Waals surface area (Å²) in [6, 6.07) is 0.755. The maximum atomic E-state index is 14.0. The van der Waals surface area contributed by atoms with Crippen molar-refractivity contribution in [3.8, 4) is 11.5 Å². The number of esters is 1. The third kappa shape index (κ3) is 3.37. The molecule has 1 aromatic carbocycles. The molecule has 0 spiro atoms. The number of benzene rings is 1. The minimum Gasteiger partial charge on any atom is -0.464 e. The summed E-state index contributed by atoms with van der Waals surface area (Å²) in [6.45, 7) is 1.40. The molecule has 0 fully saturated rings. The first-order valence-electron chi connectivity index (χ1n) is 6.10. The molecule has 2 rings (SSSR count). The second-order valence-corrected chi connectivity index (χ2v) is 4.20. The van der Waals surface area contributed by atoms with E-state index in [1.165, 1.54) is 13.0 Å². The minimum atomic E-state index is -2.22. The summed E-state index contributed by atoms with van der Waals surface area (Å²) >= 11 is 0. The maximum Gasteiger partial charge on any atom is 0.342 e. The van der Waals surface area contributed by atoms with Gasteiger partial charge >= 0.3 is 5.97 Å². The average Bonchev–Trinajstić information content (AvgIpc) is 2.91. The molecule has 1 aliphatic rings. The molecule has 1 aliphatic heterocycles. The highest BCUT2D eigenvalue weighted by atomic mass is 35.5.